The van der Waals surface area contributed by atoms with Crippen LogP contribution < -0.4 is 0 Å². The molecule has 0 unspecified atom stereocenters. The molecular formula is C11H12F3NO3S. The first-order valence-electron chi connectivity index (χ1n) is 5.58. The summed E-state index contributed by atoms with van der Waals surface area (Å²) in [6.45, 7) is -1.49. The van der Waals surface area contributed by atoms with Gasteiger partial charge in [0.2, 0.25) is 10.0 Å². The number of halogens is 3. The summed E-state index contributed by atoms with van der Waals surface area (Å²) in [4.78, 5) is -0.249. The van der Waals surface area contributed by atoms with Gasteiger partial charge in [0.05, 0.1) is 4.90 Å². The second-order valence-corrected chi connectivity index (χ2v) is 6.28. The SMILES string of the molecule is O=S(=O)(c1ccc(O)cc1)N(CC(F)(F)F)C1CC1. The van der Waals surface area contributed by atoms with Crippen molar-refractivity contribution in [3.63, 3.8) is 0 Å². The monoisotopic (exact) mass is 295 g/mol. The number of phenolic OH excluding ortho intramolecular Hbond substituents is 1. The number of hydrogen-bond acceptors (Lipinski definition) is 3. The van der Waals surface area contributed by atoms with Crippen LogP contribution in [0.2, 0.25) is 0 Å². The van der Waals surface area contributed by atoms with Gasteiger partial charge in [-0.1, -0.05) is 0 Å². The first kappa shape index (κ1) is 14.1. The first-order chi connectivity index (χ1) is 8.70. The molecule has 0 aliphatic heterocycles. The Bertz CT molecular complexity index is 550. The second kappa shape index (κ2) is 4.68. The summed E-state index contributed by atoms with van der Waals surface area (Å²) in [7, 11) is -4.19. The fourth-order valence-electron chi connectivity index (χ4n) is 1.70. The highest BCUT2D eigenvalue weighted by atomic mass is 32.2. The summed E-state index contributed by atoms with van der Waals surface area (Å²) in [5, 5.41) is 9.08. The van der Waals surface area contributed by atoms with Crippen LogP contribution in [0.1, 0.15) is 12.8 Å². The summed E-state index contributed by atoms with van der Waals surface area (Å²) in [5.41, 5.74) is 0. The van der Waals surface area contributed by atoms with Gasteiger partial charge in [0.25, 0.3) is 0 Å². The zero-order valence-corrected chi connectivity index (χ0v) is 10.6. The molecule has 0 aromatic heterocycles. The number of aromatic hydroxyl groups is 1. The molecule has 1 aliphatic carbocycles. The van der Waals surface area contributed by atoms with Gasteiger partial charge in [-0.3, -0.25) is 0 Å². The standard InChI is InChI=1S/C11H12F3NO3S/c12-11(13,14)7-15(8-1-2-8)19(17,18)10-5-3-9(16)4-6-10/h3-6,8,16H,1-2,7H2. The first-order valence-corrected chi connectivity index (χ1v) is 7.02. The van der Waals surface area contributed by atoms with Gasteiger partial charge < -0.3 is 5.11 Å². The van der Waals surface area contributed by atoms with Crippen LogP contribution in [0.3, 0.4) is 0 Å². The summed E-state index contributed by atoms with van der Waals surface area (Å²) < 4.78 is 62.2. The van der Waals surface area contributed by atoms with E-state index in [4.69, 9.17) is 5.11 Å². The van der Waals surface area contributed by atoms with E-state index in [-0.39, 0.29) is 10.6 Å². The van der Waals surface area contributed by atoms with Crippen molar-refractivity contribution in [2.24, 2.45) is 0 Å². The van der Waals surface area contributed by atoms with Crippen molar-refractivity contribution in [3.05, 3.63) is 24.3 Å². The normalized spacial score (nSPS) is 16.8. The lowest BCUT2D eigenvalue weighted by atomic mass is 10.3. The zero-order chi connectivity index (χ0) is 14.3. The molecular weight excluding hydrogens is 283 g/mol. The van der Waals surface area contributed by atoms with Crippen LogP contribution in [0.15, 0.2) is 29.2 Å². The van der Waals surface area contributed by atoms with Gasteiger partial charge in [-0.2, -0.15) is 17.5 Å². The van der Waals surface area contributed by atoms with Gasteiger partial charge in [-0.05, 0) is 37.1 Å². The lowest BCUT2D eigenvalue weighted by Gasteiger charge is -2.23. The Morgan fingerprint density at radius 1 is 1.21 bits per heavy atom. The molecule has 2 rings (SSSR count). The third kappa shape index (κ3) is 3.38. The van der Waals surface area contributed by atoms with Crippen molar-refractivity contribution in [2.75, 3.05) is 6.54 Å². The summed E-state index contributed by atoms with van der Waals surface area (Å²) in [5.74, 6) is -0.146. The van der Waals surface area contributed by atoms with Crippen molar-refractivity contribution in [3.8, 4) is 5.75 Å². The average molecular weight is 295 g/mol. The molecule has 19 heavy (non-hydrogen) atoms. The van der Waals surface area contributed by atoms with E-state index in [2.05, 4.69) is 0 Å². The number of benzene rings is 1. The molecule has 8 heteroatoms. The molecule has 0 heterocycles. The van der Waals surface area contributed by atoms with E-state index in [1.54, 1.807) is 0 Å². The van der Waals surface area contributed by atoms with Crippen LogP contribution in [0.4, 0.5) is 13.2 Å². The number of rotatable bonds is 4. The van der Waals surface area contributed by atoms with Crippen LogP contribution >= 0.6 is 0 Å². The Kier molecular flexibility index (Phi) is 3.48. The molecule has 1 aliphatic rings. The molecule has 1 aromatic rings. The molecule has 1 N–H and O–H groups in total. The summed E-state index contributed by atoms with van der Waals surface area (Å²) in [6, 6.07) is 3.87. The van der Waals surface area contributed by atoms with Crippen LogP contribution in [0, 0.1) is 0 Å². The number of nitrogens with zero attached hydrogens (tertiary/aromatic N) is 1. The zero-order valence-electron chi connectivity index (χ0n) is 9.76. The molecule has 1 saturated carbocycles. The van der Waals surface area contributed by atoms with E-state index in [9.17, 15) is 21.6 Å². The topological polar surface area (TPSA) is 57.6 Å². The van der Waals surface area contributed by atoms with Gasteiger partial charge in [0.1, 0.15) is 12.3 Å². The minimum atomic E-state index is -4.58. The van der Waals surface area contributed by atoms with Crippen LogP contribution in [-0.2, 0) is 10.0 Å². The molecule has 1 aromatic carbocycles. The fourth-order valence-corrected chi connectivity index (χ4v) is 3.37. The summed E-state index contributed by atoms with van der Waals surface area (Å²) in [6.07, 6.45) is -3.70. The van der Waals surface area contributed by atoms with Gasteiger partial charge >= 0.3 is 6.18 Å². The minimum Gasteiger partial charge on any atom is -0.508 e. The smallest absolute Gasteiger partial charge is 0.402 e. The second-order valence-electron chi connectivity index (χ2n) is 4.39. The maximum atomic E-state index is 12.5. The average Bonchev–Trinajstić information content (AvgIpc) is 3.09. The van der Waals surface area contributed by atoms with Crippen molar-refractivity contribution in [1.82, 2.24) is 4.31 Å². The van der Waals surface area contributed by atoms with Gasteiger partial charge in [-0.15, -0.1) is 0 Å². The number of alkyl halides is 3. The van der Waals surface area contributed by atoms with E-state index in [0.717, 1.165) is 24.3 Å². The predicted octanol–water partition coefficient (Wildman–Crippen LogP) is 2.11. The Labute approximate surface area is 108 Å². The van der Waals surface area contributed by atoms with Gasteiger partial charge in [0.15, 0.2) is 0 Å². The molecule has 4 nitrogen and oxygen atoms in total. The van der Waals surface area contributed by atoms with Crippen LogP contribution in [-0.4, -0.2) is 36.6 Å². The molecule has 0 radical (unpaired) electrons. The van der Waals surface area contributed by atoms with Crippen LogP contribution in [0.25, 0.3) is 0 Å². The van der Waals surface area contributed by atoms with E-state index in [1.807, 2.05) is 0 Å². The quantitative estimate of drug-likeness (QED) is 0.925. The predicted molar refractivity (Wildman–Crippen MR) is 61.1 cm³/mol. The van der Waals surface area contributed by atoms with E-state index < -0.39 is 28.8 Å². The van der Waals surface area contributed by atoms with E-state index in [0.29, 0.717) is 17.1 Å². The van der Waals surface area contributed by atoms with Crippen molar-refractivity contribution in [2.45, 2.75) is 30.0 Å². The fraction of sp³-hybridized carbons (Fsp3) is 0.455. The molecule has 0 atom stereocenters. The maximum Gasteiger partial charge on any atom is 0.402 e. The molecule has 1 fully saturated rings. The molecule has 0 amide bonds. The van der Waals surface area contributed by atoms with Crippen molar-refractivity contribution < 1.29 is 26.7 Å². The third-order valence-corrected chi connectivity index (χ3v) is 4.65. The summed E-state index contributed by atoms with van der Waals surface area (Å²) >= 11 is 0. The minimum absolute atomic E-state index is 0.146. The van der Waals surface area contributed by atoms with Crippen molar-refractivity contribution in [1.29, 1.82) is 0 Å². The Hall–Kier alpha value is -1.28. The van der Waals surface area contributed by atoms with Gasteiger partial charge in [0, 0.05) is 6.04 Å². The lowest BCUT2D eigenvalue weighted by Crippen LogP contribution is -2.40. The van der Waals surface area contributed by atoms with E-state index in [1.165, 1.54) is 0 Å². The van der Waals surface area contributed by atoms with Crippen molar-refractivity contribution >= 4 is 10.0 Å². The van der Waals surface area contributed by atoms with E-state index >= 15 is 0 Å². The number of sulfonamides is 1. The highest BCUT2D eigenvalue weighted by Gasteiger charge is 2.44. The Morgan fingerprint density at radius 3 is 2.16 bits per heavy atom. The number of hydrogen-bond donors (Lipinski definition) is 1. The lowest BCUT2D eigenvalue weighted by molar-refractivity contribution is -0.137. The van der Waals surface area contributed by atoms with Crippen LogP contribution in [0.5, 0.6) is 5.75 Å². The Morgan fingerprint density at radius 2 is 1.74 bits per heavy atom. The van der Waals surface area contributed by atoms with Gasteiger partial charge in [-0.25, -0.2) is 8.42 Å². The Balaban J connectivity index is 2.32. The number of phenols is 1. The molecule has 106 valence electrons. The molecule has 0 bridgehead atoms. The highest BCUT2D eigenvalue weighted by molar-refractivity contribution is 7.89. The largest absolute Gasteiger partial charge is 0.508 e. The maximum absolute atomic E-state index is 12.5. The molecule has 0 saturated heterocycles. The third-order valence-electron chi connectivity index (χ3n) is 2.73. The molecule has 0 spiro atoms. The highest BCUT2D eigenvalue weighted by Crippen LogP contribution is 2.34.